The van der Waals surface area contributed by atoms with Gasteiger partial charge in [0.15, 0.2) is 0 Å². The quantitative estimate of drug-likeness (QED) is 0.867. The molecule has 0 amide bonds. The second-order valence-electron chi connectivity index (χ2n) is 4.70. The third-order valence-electron chi connectivity index (χ3n) is 3.32. The van der Waals surface area contributed by atoms with E-state index in [4.69, 9.17) is 0 Å². The van der Waals surface area contributed by atoms with Crippen molar-refractivity contribution in [3.63, 3.8) is 0 Å². The molecule has 4 heteroatoms. The van der Waals surface area contributed by atoms with Gasteiger partial charge in [-0.25, -0.2) is 0 Å². The highest BCUT2D eigenvalue weighted by atomic mass is 79.9. The lowest BCUT2D eigenvalue weighted by Gasteiger charge is -2.21. The summed E-state index contributed by atoms with van der Waals surface area (Å²) in [6.07, 6.45) is 0. The van der Waals surface area contributed by atoms with Gasteiger partial charge in [0.25, 0.3) is 0 Å². The molecule has 2 nitrogen and oxygen atoms in total. The van der Waals surface area contributed by atoms with Crippen LogP contribution in [-0.4, -0.2) is 14.1 Å². The van der Waals surface area contributed by atoms with Crippen LogP contribution >= 0.6 is 27.3 Å². The van der Waals surface area contributed by atoms with Crippen LogP contribution in [-0.2, 0) is 6.54 Å². The molecule has 1 N–H and O–H groups in total. The standard InChI is InChI=1S/C15H19BrN2S/c1-11(17-2)14-5-4-13(8-15(14)16)18(3)9-12-6-7-19-10-12/h4-8,10-11,17H,9H2,1-3H3. The molecule has 1 unspecified atom stereocenters. The molecule has 0 radical (unpaired) electrons. The minimum atomic E-state index is 0.352. The van der Waals surface area contributed by atoms with Crippen LogP contribution in [0.15, 0.2) is 39.5 Å². The Morgan fingerprint density at radius 2 is 2.16 bits per heavy atom. The van der Waals surface area contributed by atoms with Crippen LogP contribution in [0.2, 0.25) is 0 Å². The van der Waals surface area contributed by atoms with Crippen molar-refractivity contribution in [1.82, 2.24) is 5.32 Å². The van der Waals surface area contributed by atoms with Crippen LogP contribution in [0.3, 0.4) is 0 Å². The summed E-state index contributed by atoms with van der Waals surface area (Å²) in [6, 6.07) is 9.08. The maximum Gasteiger partial charge on any atom is 0.0434 e. The van der Waals surface area contributed by atoms with Gasteiger partial charge in [-0.2, -0.15) is 11.3 Å². The number of anilines is 1. The number of rotatable bonds is 5. The van der Waals surface area contributed by atoms with Crippen molar-refractivity contribution >= 4 is 33.0 Å². The molecule has 2 rings (SSSR count). The van der Waals surface area contributed by atoms with E-state index in [1.165, 1.54) is 16.8 Å². The number of hydrogen-bond acceptors (Lipinski definition) is 3. The number of thiophene rings is 1. The molecule has 1 aromatic heterocycles. The first-order valence-corrected chi connectivity index (χ1v) is 8.04. The molecule has 0 bridgehead atoms. The predicted octanol–water partition coefficient (Wildman–Crippen LogP) is 4.43. The Bertz CT molecular complexity index is 525. The topological polar surface area (TPSA) is 15.3 Å². The molecule has 102 valence electrons. The Morgan fingerprint density at radius 3 is 2.74 bits per heavy atom. The van der Waals surface area contributed by atoms with Crippen LogP contribution in [0.4, 0.5) is 5.69 Å². The average molecular weight is 339 g/mol. The largest absolute Gasteiger partial charge is 0.370 e. The molecule has 19 heavy (non-hydrogen) atoms. The van der Waals surface area contributed by atoms with E-state index >= 15 is 0 Å². The molecular formula is C15H19BrN2S. The fourth-order valence-corrected chi connectivity index (χ4v) is 3.38. The van der Waals surface area contributed by atoms with E-state index in [0.717, 1.165) is 11.0 Å². The molecule has 0 spiro atoms. The summed E-state index contributed by atoms with van der Waals surface area (Å²) in [5, 5.41) is 7.58. The Labute approximate surface area is 127 Å². The van der Waals surface area contributed by atoms with E-state index in [2.05, 4.69) is 75.1 Å². The van der Waals surface area contributed by atoms with Gasteiger partial charge >= 0.3 is 0 Å². The summed E-state index contributed by atoms with van der Waals surface area (Å²) < 4.78 is 1.16. The van der Waals surface area contributed by atoms with Gasteiger partial charge < -0.3 is 10.2 Å². The van der Waals surface area contributed by atoms with Crippen LogP contribution < -0.4 is 10.2 Å². The van der Waals surface area contributed by atoms with E-state index in [0.29, 0.717) is 6.04 Å². The third-order valence-corrected chi connectivity index (χ3v) is 4.74. The van der Waals surface area contributed by atoms with Gasteiger partial charge in [0.1, 0.15) is 0 Å². The first-order chi connectivity index (χ1) is 9.11. The Balaban J connectivity index is 2.15. The fraction of sp³-hybridized carbons (Fsp3) is 0.333. The van der Waals surface area contributed by atoms with Gasteiger partial charge in [0.05, 0.1) is 0 Å². The van der Waals surface area contributed by atoms with Crippen molar-refractivity contribution in [3.8, 4) is 0 Å². The van der Waals surface area contributed by atoms with E-state index in [1.807, 2.05) is 7.05 Å². The molecule has 0 fully saturated rings. The highest BCUT2D eigenvalue weighted by molar-refractivity contribution is 9.10. The normalized spacial score (nSPS) is 12.4. The highest BCUT2D eigenvalue weighted by Gasteiger charge is 2.10. The van der Waals surface area contributed by atoms with Gasteiger partial charge in [-0.05, 0) is 54.1 Å². The summed E-state index contributed by atoms with van der Waals surface area (Å²) in [7, 11) is 4.11. The van der Waals surface area contributed by atoms with Gasteiger partial charge in [-0.3, -0.25) is 0 Å². The maximum atomic E-state index is 3.67. The van der Waals surface area contributed by atoms with E-state index in [-0.39, 0.29) is 0 Å². The first-order valence-electron chi connectivity index (χ1n) is 6.30. The zero-order valence-electron chi connectivity index (χ0n) is 11.5. The summed E-state index contributed by atoms with van der Waals surface area (Å²) >= 11 is 5.42. The average Bonchev–Trinajstić information content (AvgIpc) is 2.90. The van der Waals surface area contributed by atoms with Crippen molar-refractivity contribution in [3.05, 3.63) is 50.6 Å². The molecule has 1 aromatic carbocycles. The van der Waals surface area contributed by atoms with Crippen molar-refractivity contribution in [2.24, 2.45) is 0 Å². The minimum Gasteiger partial charge on any atom is -0.370 e. The number of nitrogens with zero attached hydrogens (tertiary/aromatic N) is 1. The number of halogens is 1. The van der Waals surface area contributed by atoms with Crippen LogP contribution in [0.1, 0.15) is 24.1 Å². The van der Waals surface area contributed by atoms with Gasteiger partial charge in [0.2, 0.25) is 0 Å². The fourth-order valence-electron chi connectivity index (χ4n) is 2.01. The highest BCUT2D eigenvalue weighted by Crippen LogP contribution is 2.28. The van der Waals surface area contributed by atoms with E-state index in [9.17, 15) is 0 Å². The summed E-state index contributed by atoms with van der Waals surface area (Å²) in [6.45, 7) is 3.10. The SMILES string of the molecule is CNC(C)c1ccc(N(C)Cc2ccsc2)cc1Br. The second-order valence-corrected chi connectivity index (χ2v) is 6.34. The zero-order chi connectivity index (χ0) is 13.8. The lowest BCUT2D eigenvalue weighted by atomic mass is 10.1. The van der Waals surface area contributed by atoms with Crippen molar-refractivity contribution in [2.75, 3.05) is 19.0 Å². The molecule has 1 heterocycles. The Hall–Kier alpha value is -0.840. The maximum absolute atomic E-state index is 3.67. The van der Waals surface area contributed by atoms with Crippen LogP contribution in [0, 0.1) is 0 Å². The van der Waals surface area contributed by atoms with Crippen molar-refractivity contribution < 1.29 is 0 Å². The Morgan fingerprint density at radius 1 is 1.37 bits per heavy atom. The number of hydrogen-bond donors (Lipinski definition) is 1. The van der Waals surface area contributed by atoms with Gasteiger partial charge in [-0.15, -0.1) is 0 Å². The van der Waals surface area contributed by atoms with E-state index < -0.39 is 0 Å². The lowest BCUT2D eigenvalue weighted by molar-refractivity contribution is 0.649. The minimum absolute atomic E-state index is 0.352. The van der Waals surface area contributed by atoms with Gasteiger partial charge in [-0.1, -0.05) is 22.0 Å². The van der Waals surface area contributed by atoms with Crippen LogP contribution in [0.5, 0.6) is 0 Å². The smallest absolute Gasteiger partial charge is 0.0434 e. The molecular weight excluding hydrogens is 320 g/mol. The summed E-state index contributed by atoms with van der Waals surface area (Å²) in [4.78, 5) is 2.26. The lowest BCUT2D eigenvalue weighted by Crippen LogP contribution is -2.17. The molecule has 0 saturated carbocycles. The summed E-state index contributed by atoms with van der Waals surface area (Å²) in [5.74, 6) is 0. The molecule has 2 aromatic rings. The second kappa shape index (κ2) is 6.55. The molecule has 0 saturated heterocycles. The molecule has 0 aliphatic heterocycles. The zero-order valence-corrected chi connectivity index (χ0v) is 13.9. The Kier molecular flexibility index (Phi) is 5.02. The van der Waals surface area contributed by atoms with Crippen LogP contribution in [0.25, 0.3) is 0 Å². The monoisotopic (exact) mass is 338 g/mol. The number of nitrogens with one attached hydrogen (secondary N) is 1. The van der Waals surface area contributed by atoms with Gasteiger partial charge in [0, 0.05) is 29.8 Å². The molecule has 0 aliphatic rings. The third kappa shape index (κ3) is 3.59. The van der Waals surface area contributed by atoms with Crippen molar-refractivity contribution in [2.45, 2.75) is 19.5 Å². The number of benzene rings is 1. The molecule has 0 aliphatic carbocycles. The summed E-state index contributed by atoms with van der Waals surface area (Å²) in [5.41, 5.74) is 3.87. The van der Waals surface area contributed by atoms with E-state index in [1.54, 1.807) is 11.3 Å². The molecule has 1 atom stereocenters. The first kappa shape index (κ1) is 14.6. The predicted molar refractivity (Wildman–Crippen MR) is 88.0 cm³/mol. The van der Waals surface area contributed by atoms with Crippen molar-refractivity contribution in [1.29, 1.82) is 0 Å².